The molecule has 1 aliphatic carbocycles. The Morgan fingerprint density at radius 1 is 1.14 bits per heavy atom. The molecule has 0 radical (unpaired) electrons. The lowest BCUT2D eigenvalue weighted by Gasteiger charge is -2.47. The quantitative estimate of drug-likeness (QED) is 0.764. The molecule has 2 aromatic rings. The van der Waals surface area contributed by atoms with Crippen molar-refractivity contribution in [3.05, 3.63) is 47.4 Å². The smallest absolute Gasteiger partial charge is 0.223 e. The number of aryl methyl sites for hydroxylation is 1. The largest absolute Gasteiger partial charge is 0.493 e. The minimum Gasteiger partial charge on any atom is -0.493 e. The van der Waals surface area contributed by atoms with E-state index in [4.69, 9.17) is 13.9 Å². The molecular weight excluding hydrogens is 354 g/mol. The predicted octanol–water partition coefficient (Wildman–Crippen LogP) is 4.47. The standard InChI is InChI=1S/C23H29NO4/c1-26-20-13-17-15-24(22(25)9-8-18-7-6-12-28-18)16-23(10-4-3-5-11-23)19(17)14-21(20)27-2/h6-7,12-14H,3-5,8-11,15-16H2,1-2H3. The van der Waals surface area contributed by atoms with Crippen LogP contribution in [0.4, 0.5) is 0 Å². The summed E-state index contributed by atoms with van der Waals surface area (Å²) >= 11 is 0. The molecule has 0 unspecified atom stereocenters. The van der Waals surface area contributed by atoms with Gasteiger partial charge in [-0.15, -0.1) is 0 Å². The summed E-state index contributed by atoms with van der Waals surface area (Å²) < 4.78 is 16.5. The van der Waals surface area contributed by atoms with Gasteiger partial charge in [0.1, 0.15) is 5.76 Å². The molecule has 0 bridgehead atoms. The van der Waals surface area contributed by atoms with E-state index in [1.54, 1.807) is 20.5 Å². The van der Waals surface area contributed by atoms with E-state index >= 15 is 0 Å². The zero-order valence-electron chi connectivity index (χ0n) is 16.8. The monoisotopic (exact) mass is 383 g/mol. The molecule has 0 N–H and O–H groups in total. The molecule has 1 saturated carbocycles. The maximum Gasteiger partial charge on any atom is 0.223 e. The van der Waals surface area contributed by atoms with E-state index in [0.29, 0.717) is 19.4 Å². The Morgan fingerprint density at radius 3 is 2.57 bits per heavy atom. The van der Waals surface area contributed by atoms with Gasteiger partial charge in [0, 0.05) is 31.3 Å². The summed E-state index contributed by atoms with van der Waals surface area (Å²) in [6.45, 7) is 1.43. The van der Waals surface area contributed by atoms with Crippen LogP contribution in [0, 0.1) is 0 Å². The van der Waals surface area contributed by atoms with Gasteiger partial charge in [0.05, 0.1) is 20.5 Å². The molecule has 1 aliphatic heterocycles. The summed E-state index contributed by atoms with van der Waals surface area (Å²) in [7, 11) is 3.35. The van der Waals surface area contributed by atoms with Crippen LogP contribution >= 0.6 is 0 Å². The van der Waals surface area contributed by atoms with E-state index in [1.165, 1.54) is 30.4 Å². The molecule has 2 aliphatic rings. The van der Waals surface area contributed by atoms with Crippen LogP contribution in [0.1, 0.15) is 55.4 Å². The minimum absolute atomic E-state index is 0.0335. The fourth-order valence-electron chi connectivity index (χ4n) is 4.93. The van der Waals surface area contributed by atoms with Crippen molar-refractivity contribution in [1.82, 2.24) is 4.90 Å². The Morgan fingerprint density at radius 2 is 1.89 bits per heavy atom. The van der Waals surface area contributed by atoms with Gasteiger partial charge in [0.15, 0.2) is 11.5 Å². The molecule has 2 heterocycles. The molecule has 150 valence electrons. The van der Waals surface area contributed by atoms with Gasteiger partial charge in [0.2, 0.25) is 5.91 Å². The summed E-state index contributed by atoms with van der Waals surface area (Å²) in [5.41, 5.74) is 2.57. The maximum absolute atomic E-state index is 13.0. The number of ether oxygens (including phenoxy) is 2. The van der Waals surface area contributed by atoms with Gasteiger partial charge in [-0.3, -0.25) is 4.79 Å². The van der Waals surface area contributed by atoms with Crippen molar-refractivity contribution in [3.63, 3.8) is 0 Å². The molecule has 1 fully saturated rings. The number of hydrogen-bond donors (Lipinski definition) is 0. The molecule has 0 saturated heterocycles. The summed E-state index contributed by atoms with van der Waals surface area (Å²) in [5.74, 6) is 2.58. The number of hydrogen-bond acceptors (Lipinski definition) is 4. The second-order valence-corrected chi connectivity index (χ2v) is 8.03. The van der Waals surface area contributed by atoms with Gasteiger partial charge < -0.3 is 18.8 Å². The highest BCUT2D eigenvalue weighted by Gasteiger charge is 2.42. The zero-order valence-corrected chi connectivity index (χ0v) is 16.8. The molecule has 0 atom stereocenters. The molecule has 5 nitrogen and oxygen atoms in total. The third-order valence-electron chi connectivity index (χ3n) is 6.36. The highest BCUT2D eigenvalue weighted by Crippen LogP contribution is 2.47. The van der Waals surface area contributed by atoms with Gasteiger partial charge in [-0.2, -0.15) is 0 Å². The number of fused-ring (bicyclic) bond motifs is 2. The van der Waals surface area contributed by atoms with Gasteiger partial charge in [-0.05, 0) is 48.2 Å². The first-order chi connectivity index (χ1) is 13.6. The molecule has 5 heteroatoms. The Bertz CT molecular complexity index is 821. The summed E-state index contributed by atoms with van der Waals surface area (Å²) in [5, 5.41) is 0. The van der Waals surface area contributed by atoms with Crippen molar-refractivity contribution in [3.8, 4) is 11.5 Å². The van der Waals surface area contributed by atoms with Crippen LogP contribution in [-0.2, 0) is 23.2 Å². The Kier molecular flexibility index (Phi) is 5.33. The Balaban J connectivity index is 1.63. The molecular formula is C23H29NO4. The van der Waals surface area contributed by atoms with Crippen molar-refractivity contribution in [2.45, 2.75) is 56.9 Å². The normalized spacial score (nSPS) is 18.0. The second kappa shape index (κ2) is 7.90. The van der Waals surface area contributed by atoms with Crippen LogP contribution < -0.4 is 9.47 Å². The number of amides is 1. The topological polar surface area (TPSA) is 51.9 Å². The first-order valence-electron chi connectivity index (χ1n) is 10.2. The zero-order chi connectivity index (χ0) is 19.6. The Labute approximate surface area is 166 Å². The van der Waals surface area contributed by atoms with Crippen molar-refractivity contribution in [2.24, 2.45) is 0 Å². The van der Waals surface area contributed by atoms with Crippen LogP contribution in [0.25, 0.3) is 0 Å². The molecule has 28 heavy (non-hydrogen) atoms. The molecule has 1 aromatic carbocycles. The third kappa shape index (κ3) is 3.50. The summed E-state index contributed by atoms with van der Waals surface area (Å²) in [6, 6.07) is 8.02. The van der Waals surface area contributed by atoms with Gasteiger partial charge in [-0.25, -0.2) is 0 Å². The predicted molar refractivity (Wildman–Crippen MR) is 107 cm³/mol. The van der Waals surface area contributed by atoms with E-state index in [-0.39, 0.29) is 11.3 Å². The average Bonchev–Trinajstić information content (AvgIpc) is 3.25. The number of rotatable bonds is 5. The van der Waals surface area contributed by atoms with Crippen LogP contribution in [0.15, 0.2) is 34.9 Å². The Hall–Kier alpha value is -2.43. The highest BCUT2D eigenvalue weighted by molar-refractivity contribution is 5.77. The number of carbonyl (C=O) groups excluding carboxylic acids is 1. The fraction of sp³-hybridized carbons (Fsp3) is 0.522. The van der Waals surface area contributed by atoms with E-state index < -0.39 is 0 Å². The van der Waals surface area contributed by atoms with E-state index in [2.05, 4.69) is 12.1 Å². The lowest BCUT2D eigenvalue weighted by atomic mass is 9.66. The van der Waals surface area contributed by atoms with Crippen molar-refractivity contribution in [1.29, 1.82) is 0 Å². The van der Waals surface area contributed by atoms with Crippen LogP contribution in [0.2, 0.25) is 0 Å². The second-order valence-electron chi connectivity index (χ2n) is 8.03. The van der Waals surface area contributed by atoms with Crippen LogP contribution in [0.5, 0.6) is 11.5 Å². The van der Waals surface area contributed by atoms with E-state index in [0.717, 1.165) is 36.6 Å². The third-order valence-corrected chi connectivity index (χ3v) is 6.36. The van der Waals surface area contributed by atoms with Gasteiger partial charge in [-0.1, -0.05) is 19.3 Å². The first kappa shape index (κ1) is 18.9. The highest BCUT2D eigenvalue weighted by atomic mass is 16.5. The lowest BCUT2D eigenvalue weighted by molar-refractivity contribution is -0.133. The summed E-state index contributed by atoms with van der Waals surface area (Å²) in [6.07, 6.45) is 8.73. The van der Waals surface area contributed by atoms with E-state index in [1.807, 2.05) is 17.0 Å². The van der Waals surface area contributed by atoms with Crippen molar-refractivity contribution < 1.29 is 18.7 Å². The molecule has 1 spiro atoms. The van der Waals surface area contributed by atoms with Crippen LogP contribution in [-0.4, -0.2) is 31.6 Å². The number of carbonyl (C=O) groups is 1. The summed E-state index contributed by atoms with van der Waals surface area (Å²) in [4.78, 5) is 15.1. The number of benzene rings is 1. The molecule has 1 amide bonds. The van der Waals surface area contributed by atoms with Crippen molar-refractivity contribution >= 4 is 5.91 Å². The minimum atomic E-state index is 0.0335. The lowest BCUT2D eigenvalue weighted by Crippen LogP contribution is -2.49. The average molecular weight is 383 g/mol. The van der Waals surface area contributed by atoms with Crippen LogP contribution in [0.3, 0.4) is 0 Å². The number of furan rings is 1. The van der Waals surface area contributed by atoms with E-state index in [9.17, 15) is 4.79 Å². The first-order valence-corrected chi connectivity index (χ1v) is 10.2. The fourth-order valence-corrected chi connectivity index (χ4v) is 4.93. The van der Waals surface area contributed by atoms with Gasteiger partial charge in [0.25, 0.3) is 0 Å². The maximum atomic E-state index is 13.0. The SMILES string of the molecule is COc1cc2c(cc1OC)C1(CCCCC1)CN(C(=O)CCc1ccco1)C2. The van der Waals surface area contributed by atoms with Gasteiger partial charge >= 0.3 is 0 Å². The molecule has 1 aromatic heterocycles. The number of methoxy groups -OCH3 is 2. The molecule has 4 rings (SSSR count). The van der Waals surface area contributed by atoms with Crippen molar-refractivity contribution in [2.75, 3.05) is 20.8 Å². The number of nitrogens with zero attached hydrogens (tertiary/aromatic N) is 1.